The molecule has 0 aliphatic heterocycles. The fourth-order valence-corrected chi connectivity index (χ4v) is 0.383. The number of carbonyl (C=O) groups excluding carboxylic acids is 1. The molecule has 0 saturated carbocycles. The second kappa shape index (κ2) is 3.76. The monoisotopic (exact) mass is 114 g/mol. The van der Waals surface area contributed by atoms with Crippen molar-refractivity contribution < 1.29 is 4.79 Å². The van der Waals surface area contributed by atoms with Crippen LogP contribution in [0.2, 0.25) is 0 Å². The maximum absolute atomic E-state index is 10.2. The molecular weight excluding hydrogens is 108 g/mol. The second-order valence-electron chi connectivity index (χ2n) is 0.957. The van der Waals surface area contributed by atoms with Crippen LogP contribution in [0.4, 0.5) is 0 Å². The molecule has 0 fully saturated rings. The van der Waals surface area contributed by atoms with Gasteiger partial charge in [0.1, 0.15) is 0 Å². The highest BCUT2D eigenvalue weighted by Gasteiger charge is 1.90. The van der Waals surface area contributed by atoms with Crippen LogP contribution in [-0.4, -0.2) is 11.4 Å². The Morgan fingerprint density at radius 1 is 2.00 bits per heavy atom. The zero-order valence-electron chi connectivity index (χ0n) is 4.10. The van der Waals surface area contributed by atoms with Gasteiger partial charge in [0.15, 0.2) is 0 Å². The van der Waals surface area contributed by atoms with Gasteiger partial charge in [-0.05, 0) is 6.26 Å². The molecule has 0 aromatic rings. The van der Waals surface area contributed by atoms with Gasteiger partial charge in [-0.1, -0.05) is 17.7 Å². The fraction of sp³-hybridized carbons (Fsp3) is 0.400. The van der Waals surface area contributed by atoms with Crippen molar-refractivity contribution in [3.8, 4) is 12.3 Å². The summed E-state index contributed by atoms with van der Waals surface area (Å²) in [6, 6.07) is 0. The summed E-state index contributed by atoms with van der Waals surface area (Å²) in [6.45, 7) is 0. The number of carbonyl (C=O) groups is 1. The van der Waals surface area contributed by atoms with Crippen molar-refractivity contribution in [2.45, 2.75) is 6.42 Å². The lowest BCUT2D eigenvalue weighted by molar-refractivity contribution is -0.110. The maximum Gasteiger partial charge on any atom is 0.200 e. The molecule has 38 valence electrons. The summed E-state index contributed by atoms with van der Waals surface area (Å²) in [7, 11) is 0. The third-order valence-electron chi connectivity index (χ3n) is 0.474. The Balaban J connectivity index is 3.23. The quantitative estimate of drug-likeness (QED) is 0.471. The van der Waals surface area contributed by atoms with Crippen LogP contribution in [0.3, 0.4) is 0 Å². The second-order valence-corrected chi connectivity index (χ2v) is 1.82. The van der Waals surface area contributed by atoms with E-state index in [9.17, 15) is 4.79 Å². The van der Waals surface area contributed by atoms with Crippen molar-refractivity contribution in [1.82, 2.24) is 0 Å². The molecule has 1 nitrogen and oxygen atoms in total. The number of hydrogen-bond donors (Lipinski definition) is 0. The molecule has 0 atom stereocenters. The molecule has 0 radical (unpaired) electrons. The Morgan fingerprint density at radius 3 is 2.71 bits per heavy atom. The Kier molecular flexibility index (Phi) is 3.53. The van der Waals surface area contributed by atoms with Gasteiger partial charge in [-0.2, -0.15) is 0 Å². The minimum atomic E-state index is 0.0579. The van der Waals surface area contributed by atoms with Gasteiger partial charge in [0.25, 0.3) is 0 Å². The molecule has 0 aromatic carbocycles. The summed E-state index contributed by atoms with van der Waals surface area (Å²) in [5.41, 5.74) is 0. The zero-order valence-corrected chi connectivity index (χ0v) is 4.92. The Hall–Kier alpha value is -0.420. The van der Waals surface area contributed by atoms with Gasteiger partial charge in [0.05, 0.1) is 6.42 Å². The number of hydrogen-bond acceptors (Lipinski definition) is 2. The minimum absolute atomic E-state index is 0.0579. The minimum Gasteiger partial charge on any atom is -0.286 e. The van der Waals surface area contributed by atoms with Crippen LogP contribution in [-0.2, 0) is 4.79 Å². The normalized spacial score (nSPS) is 7.43. The lowest BCUT2D eigenvalue weighted by Gasteiger charge is -1.81. The van der Waals surface area contributed by atoms with Crippen LogP contribution < -0.4 is 0 Å². The summed E-state index contributed by atoms with van der Waals surface area (Å²) >= 11 is 1.17. The third-order valence-corrected chi connectivity index (χ3v) is 1.07. The van der Waals surface area contributed by atoms with Gasteiger partial charge in [0.2, 0.25) is 5.12 Å². The molecular formula is C5H6OS. The zero-order chi connectivity index (χ0) is 5.70. The van der Waals surface area contributed by atoms with Gasteiger partial charge in [-0.3, -0.25) is 4.79 Å². The lowest BCUT2D eigenvalue weighted by Crippen LogP contribution is -1.84. The summed E-state index contributed by atoms with van der Waals surface area (Å²) in [5, 5.41) is 0.0579. The summed E-state index contributed by atoms with van der Waals surface area (Å²) in [5.74, 6) is 2.25. The van der Waals surface area contributed by atoms with E-state index in [4.69, 9.17) is 6.42 Å². The van der Waals surface area contributed by atoms with E-state index in [0.717, 1.165) is 0 Å². The van der Waals surface area contributed by atoms with Gasteiger partial charge in [-0.15, -0.1) is 6.42 Å². The van der Waals surface area contributed by atoms with E-state index in [0.29, 0.717) is 0 Å². The summed E-state index contributed by atoms with van der Waals surface area (Å²) in [6.07, 6.45) is 6.79. The van der Waals surface area contributed by atoms with Crippen molar-refractivity contribution in [1.29, 1.82) is 0 Å². The highest BCUT2D eigenvalue weighted by Crippen LogP contribution is 1.95. The summed E-state index contributed by atoms with van der Waals surface area (Å²) in [4.78, 5) is 10.2. The fourth-order valence-electron chi connectivity index (χ4n) is 0.156. The van der Waals surface area contributed by atoms with E-state index in [1.807, 2.05) is 0 Å². The van der Waals surface area contributed by atoms with Crippen LogP contribution >= 0.6 is 11.8 Å². The first kappa shape index (κ1) is 6.58. The molecule has 2 heteroatoms. The smallest absolute Gasteiger partial charge is 0.200 e. The van der Waals surface area contributed by atoms with E-state index in [-0.39, 0.29) is 11.5 Å². The van der Waals surface area contributed by atoms with E-state index in [1.165, 1.54) is 11.8 Å². The standard InChI is InChI=1S/C5H6OS/c1-3-4-5(6)7-2/h1H,4H2,2H3. The third kappa shape index (κ3) is 3.41. The molecule has 0 bridgehead atoms. The van der Waals surface area contributed by atoms with Crippen molar-refractivity contribution in [3.05, 3.63) is 0 Å². The van der Waals surface area contributed by atoms with Gasteiger partial charge in [-0.25, -0.2) is 0 Å². The average molecular weight is 114 g/mol. The topological polar surface area (TPSA) is 17.1 Å². The molecule has 0 spiro atoms. The highest BCUT2D eigenvalue weighted by atomic mass is 32.2. The van der Waals surface area contributed by atoms with Crippen molar-refractivity contribution in [3.63, 3.8) is 0 Å². The van der Waals surface area contributed by atoms with Gasteiger partial charge >= 0.3 is 0 Å². The molecule has 0 unspecified atom stereocenters. The first-order chi connectivity index (χ1) is 3.31. The molecule has 0 aromatic heterocycles. The van der Waals surface area contributed by atoms with Crippen molar-refractivity contribution in [2.24, 2.45) is 0 Å². The molecule has 0 aliphatic rings. The maximum atomic E-state index is 10.2. The molecule has 0 aliphatic carbocycles. The predicted molar refractivity (Wildman–Crippen MR) is 32.0 cm³/mol. The molecule has 0 saturated heterocycles. The van der Waals surface area contributed by atoms with Gasteiger partial charge < -0.3 is 0 Å². The largest absolute Gasteiger partial charge is 0.286 e. The van der Waals surface area contributed by atoms with Crippen LogP contribution in [0.5, 0.6) is 0 Å². The van der Waals surface area contributed by atoms with E-state index in [1.54, 1.807) is 6.26 Å². The Morgan fingerprint density at radius 2 is 2.57 bits per heavy atom. The van der Waals surface area contributed by atoms with Crippen LogP contribution in [0.15, 0.2) is 0 Å². The molecule has 0 heterocycles. The molecule has 0 amide bonds. The molecule has 7 heavy (non-hydrogen) atoms. The van der Waals surface area contributed by atoms with Crippen molar-refractivity contribution in [2.75, 3.05) is 6.26 Å². The summed E-state index contributed by atoms with van der Waals surface area (Å²) < 4.78 is 0. The molecule has 0 rings (SSSR count). The van der Waals surface area contributed by atoms with Gasteiger partial charge in [0, 0.05) is 0 Å². The number of rotatable bonds is 1. The lowest BCUT2D eigenvalue weighted by atomic mass is 10.5. The van der Waals surface area contributed by atoms with Crippen LogP contribution in [0.1, 0.15) is 6.42 Å². The average Bonchev–Trinajstić information content (AvgIpc) is 1.68. The first-order valence-electron chi connectivity index (χ1n) is 1.81. The predicted octanol–water partition coefficient (Wildman–Crippen LogP) is 0.899. The Labute approximate surface area is 47.5 Å². The van der Waals surface area contributed by atoms with E-state index >= 15 is 0 Å². The molecule has 0 N–H and O–H groups in total. The van der Waals surface area contributed by atoms with Crippen molar-refractivity contribution >= 4 is 16.9 Å². The van der Waals surface area contributed by atoms with Crippen LogP contribution in [0, 0.1) is 12.3 Å². The number of terminal acetylenes is 1. The van der Waals surface area contributed by atoms with E-state index < -0.39 is 0 Å². The number of thioether (sulfide) groups is 1. The Bertz CT molecular complexity index is 101. The SMILES string of the molecule is C#CCC(=O)SC. The highest BCUT2D eigenvalue weighted by molar-refractivity contribution is 8.13. The first-order valence-corrected chi connectivity index (χ1v) is 3.04. The van der Waals surface area contributed by atoms with E-state index in [2.05, 4.69) is 5.92 Å². The van der Waals surface area contributed by atoms with Crippen LogP contribution in [0.25, 0.3) is 0 Å².